The average molecular weight is 162 g/mol. The third-order valence-electron chi connectivity index (χ3n) is 1.31. The van der Waals surface area contributed by atoms with Crippen LogP contribution in [-0.4, -0.2) is 6.29 Å². The monoisotopic (exact) mass is 162 g/mol. The summed E-state index contributed by atoms with van der Waals surface area (Å²) in [7, 11) is 0. The van der Waals surface area contributed by atoms with E-state index >= 15 is 0 Å². The van der Waals surface area contributed by atoms with E-state index in [-0.39, 0.29) is 0 Å². The highest BCUT2D eigenvalue weighted by molar-refractivity contribution is 5.66. The number of nitrogen functional groups attached to an aromatic ring is 1. The zero-order valence-corrected chi connectivity index (χ0v) is 6.53. The summed E-state index contributed by atoms with van der Waals surface area (Å²) in [6.07, 6.45) is 3.64. The van der Waals surface area contributed by atoms with Crippen molar-refractivity contribution < 1.29 is 4.79 Å². The summed E-state index contributed by atoms with van der Waals surface area (Å²) in [6, 6.07) is 7.29. The van der Waals surface area contributed by atoms with E-state index in [0.717, 1.165) is 5.69 Å². The van der Waals surface area contributed by atoms with Crippen molar-refractivity contribution in [2.45, 2.75) is 0 Å². The SMILES string of the molecule is Nc1cccc(NC=CC=O)c1. The van der Waals surface area contributed by atoms with E-state index in [1.807, 2.05) is 12.1 Å². The Labute approximate surface area is 70.9 Å². The molecule has 0 heterocycles. The number of rotatable bonds is 3. The largest absolute Gasteiger partial charge is 0.399 e. The predicted molar refractivity (Wildman–Crippen MR) is 49.7 cm³/mol. The number of nitrogens with two attached hydrogens (primary N) is 1. The molecule has 0 spiro atoms. The first-order valence-corrected chi connectivity index (χ1v) is 3.55. The highest BCUT2D eigenvalue weighted by Gasteiger charge is 1.87. The second-order valence-electron chi connectivity index (χ2n) is 2.26. The molecule has 0 atom stereocenters. The fourth-order valence-electron chi connectivity index (χ4n) is 0.812. The fourth-order valence-corrected chi connectivity index (χ4v) is 0.812. The standard InChI is InChI=1S/C9H10N2O/c10-8-3-1-4-9(7-8)11-5-2-6-12/h1-7,11H,10H2. The van der Waals surface area contributed by atoms with Gasteiger partial charge in [0.2, 0.25) is 0 Å². The highest BCUT2D eigenvalue weighted by atomic mass is 16.1. The van der Waals surface area contributed by atoms with Gasteiger partial charge in [0.15, 0.2) is 0 Å². The molecule has 0 radical (unpaired) electrons. The van der Waals surface area contributed by atoms with Crippen molar-refractivity contribution in [1.29, 1.82) is 0 Å². The topological polar surface area (TPSA) is 55.1 Å². The first kappa shape index (κ1) is 8.33. The van der Waals surface area contributed by atoms with Gasteiger partial charge in [-0.3, -0.25) is 4.79 Å². The van der Waals surface area contributed by atoms with Crippen molar-refractivity contribution >= 4 is 17.7 Å². The van der Waals surface area contributed by atoms with Gasteiger partial charge >= 0.3 is 0 Å². The number of anilines is 2. The van der Waals surface area contributed by atoms with Crippen molar-refractivity contribution in [2.75, 3.05) is 11.1 Å². The smallest absolute Gasteiger partial charge is 0.144 e. The molecule has 0 saturated heterocycles. The Morgan fingerprint density at radius 2 is 2.25 bits per heavy atom. The van der Waals surface area contributed by atoms with Gasteiger partial charge in [-0.2, -0.15) is 0 Å². The number of carbonyl (C=O) groups excluding carboxylic acids is 1. The molecule has 1 aromatic rings. The van der Waals surface area contributed by atoms with Crippen molar-refractivity contribution in [1.82, 2.24) is 0 Å². The molecule has 0 fully saturated rings. The summed E-state index contributed by atoms with van der Waals surface area (Å²) in [5.74, 6) is 0. The quantitative estimate of drug-likeness (QED) is 0.401. The molecule has 3 nitrogen and oxygen atoms in total. The highest BCUT2D eigenvalue weighted by Crippen LogP contribution is 2.10. The van der Waals surface area contributed by atoms with Crippen LogP contribution >= 0.6 is 0 Å². The fraction of sp³-hybridized carbons (Fsp3) is 0. The summed E-state index contributed by atoms with van der Waals surface area (Å²) in [5, 5.41) is 2.89. The molecular formula is C9H10N2O. The molecule has 1 aromatic carbocycles. The predicted octanol–water partition coefficient (Wildman–Crippen LogP) is 1.39. The van der Waals surface area contributed by atoms with Crippen LogP contribution in [0.3, 0.4) is 0 Å². The number of benzene rings is 1. The maximum atomic E-state index is 9.91. The van der Waals surface area contributed by atoms with Crippen molar-refractivity contribution in [2.24, 2.45) is 0 Å². The number of nitrogens with one attached hydrogen (secondary N) is 1. The van der Waals surface area contributed by atoms with Gasteiger partial charge in [0.05, 0.1) is 0 Å². The molecule has 0 unspecified atom stereocenters. The number of hydrogen-bond acceptors (Lipinski definition) is 3. The van der Waals surface area contributed by atoms with Gasteiger partial charge in [-0.05, 0) is 24.3 Å². The molecule has 0 aliphatic rings. The van der Waals surface area contributed by atoms with Gasteiger partial charge in [-0.15, -0.1) is 0 Å². The maximum absolute atomic E-state index is 9.91. The Morgan fingerprint density at radius 1 is 1.42 bits per heavy atom. The second-order valence-corrected chi connectivity index (χ2v) is 2.26. The van der Waals surface area contributed by atoms with Gasteiger partial charge in [0.25, 0.3) is 0 Å². The Balaban J connectivity index is 2.63. The van der Waals surface area contributed by atoms with Crippen LogP contribution in [0.15, 0.2) is 36.5 Å². The summed E-state index contributed by atoms with van der Waals surface area (Å²) < 4.78 is 0. The first-order chi connectivity index (χ1) is 5.83. The molecular weight excluding hydrogens is 152 g/mol. The maximum Gasteiger partial charge on any atom is 0.144 e. The lowest BCUT2D eigenvalue weighted by Gasteiger charge is -1.99. The summed E-state index contributed by atoms with van der Waals surface area (Å²) in [5.41, 5.74) is 7.09. The van der Waals surface area contributed by atoms with Crippen LogP contribution in [0.5, 0.6) is 0 Å². The molecule has 0 aliphatic heterocycles. The Hall–Kier alpha value is -1.77. The number of hydrogen-bond donors (Lipinski definition) is 2. The zero-order valence-electron chi connectivity index (χ0n) is 6.53. The molecule has 1 rings (SSSR count). The summed E-state index contributed by atoms with van der Waals surface area (Å²) in [6.45, 7) is 0. The second kappa shape index (κ2) is 4.18. The van der Waals surface area contributed by atoms with Crippen molar-refractivity contribution in [3.8, 4) is 0 Å². The van der Waals surface area contributed by atoms with E-state index in [4.69, 9.17) is 5.73 Å². The molecule has 0 aliphatic carbocycles. The van der Waals surface area contributed by atoms with E-state index in [0.29, 0.717) is 12.0 Å². The molecule has 62 valence electrons. The Morgan fingerprint density at radius 3 is 2.92 bits per heavy atom. The van der Waals surface area contributed by atoms with E-state index in [2.05, 4.69) is 5.32 Å². The molecule has 0 bridgehead atoms. The van der Waals surface area contributed by atoms with E-state index in [9.17, 15) is 4.79 Å². The van der Waals surface area contributed by atoms with Crippen LogP contribution in [0.2, 0.25) is 0 Å². The Kier molecular flexibility index (Phi) is 2.90. The lowest BCUT2D eigenvalue weighted by molar-refractivity contribution is -0.104. The lowest BCUT2D eigenvalue weighted by Crippen LogP contribution is -1.89. The molecule has 0 saturated carbocycles. The zero-order chi connectivity index (χ0) is 8.81. The first-order valence-electron chi connectivity index (χ1n) is 3.55. The van der Waals surface area contributed by atoms with Crippen molar-refractivity contribution in [3.05, 3.63) is 36.5 Å². The van der Waals surface area contributed by atoms with Crippen molar-refractivity contribution in [3.63, 3.8) is 0 Å². The summed E-state index contributed by atoms with van der Waals surface area (Å²) >= 11 is 0. The van der Waals surface area contributed by atoms with Crippen LogP contribution < -0.4 is 11.1 Å². The van der Waals surface area contributed by atoms with Gasteiger partial charge in [-0.25, -0.2) is 0 Å². The average Bonchev–Trinajstić information content (AvgIpc) is 2.05. The van der Waals surface area contributed by atoms with E-state index in [1.54, 1.807) is 18.3 Å². The molecule has 0 aromatic heterocycles. The van der Waals surface area contributed by atoms with Crippen LogP contribution in [0.4, 0.5) is 11.4 Å². The van der Waals surface area contributed by atoms with Gasteiger partial charge in [0, 0.05) is 17.6 Å². The van der Waals surface area contributed by atoms with Crippen LogP contribution in [0, 0.1) is 0 Å². The minimum absolute atomic E-state index is 0.694. The normalized spacial score (nSPS) is 10.0. The Bertz CT molecular complexity index is 294. The molecule has 3 heteroatoms. The molecule has 0 amide bonds. The van der Waals surface area contributed by atoms with E-state index < -0.39 is 0 Å². The number of allylic oxidation sites excluding steroid dienone is 1. The lowest BCUT2D eigenvalue weighted by atomic mass is 10.3. The van der Waals surface area contributed by atoms with Gasteiger partial charge in [0.1, 0.15) is 6.29 Å². The minimum Gasteiger partial charge on any atom is -0.399 e. The number of aldehydes is 1. The molecule has 12 heavy (non-hydrogen) atoms. The van der Waals surface area contributed by atoms with Crippen LogP contribution in [0.25, 0.3) is 0 Å². The third kappa shape index (κ3) is 2.46. The van der Waals surface area contributed by atoms with Crippen LogP contribution in [0.1, 0.15) is 0 Å². The van der Waals surface area contributed by atoms with Crippen LogP contribution in [-0.2, 0) is 4.79 Å². The summed E-state index contributed by atoms with van der Waals surface area (Å²) in [4.78, 5) is 9.91. The van der Waals surface area contributed by atoms with E-state index in [1.165, 1.54) is 6.08 Å². The molecule has 3 N–H and O–H groups in total. The van der Waals surface area contributed by atoms with Gasteiger partial charge < -0.3 is 11.1 Å². The number of carbonyl (C=O) groups is 1. The minimum atomic E-state index is 0.694. The van der Waals surface area contributed by atoms with Gasteiger partial charge in [-0.1, -0.05) is 6.07 Å². The third-order valence-corrected chi connectivity index (χ3v) is 1.31.